The van der Waals surface area contributed by atoms with E-state index in [4.69, 9.17) is 0 Å². The van der Waals surface area contributed by atoms with E-state index >= 15 is 0 Å². The van der Waals surface area contributed by atoms with Gasteiger partial charge < -0.3 is 0 Å². The average molecular weight is 240 g/mol. The van der Waals surface area contributed by atoms with Gasteiger partial charge in [0.25, 0.3) is 0 Å². The van der Waals surface area contributed by atoms with Gasteiger partial charge in [-0.3, -0.25) is 19.8 Å². The summed E-state index contributed by atoms with van der Waals surface area (Å²) in [5.41, 5.74) is -0.176. The van der Waals surface area contributed by atoms with Crippen molar-refractivity contribution in [3.8, 4) is 0 Å². The number of hydrogen-bond acceptors (Lipinski definition) is 3. The second-order valence-electron chi connectivity index (χ2n) is 5.62. The predicted molar refractivity (Wildman–Crippen MR) is 63.1 cm³/mol. The topological polar surface area (TPSA) is 66.5 Å². The van der Waals surface area contributed by atoms with Crippen LogP contribution in [0.25, 0.3) is 0 Å². The highest BCUT2D eigenvalue weighted by Crippen LogP contribution is 2.21. The average Bonchev–Trinajstić information content (AvgIpc) is 2.18. The molecule has 1 heterocycles. The molecule has 96 valence electrons. The maximum absolute atomic E-state index is 12.1. The zero-order chi connectivity index (χ0) is 13.2. The number of carbonyl (C=O) groups excluding carboxylic acids is 3. The van der Waals surface area contributed by atoms with E-state index in [0.717, 1.165) is 11.3 Å². The van der Waals surface area contributed by atoms with Gasteiger partial charge in [0, 0.05) is 6.54 Å². The molecule has 0 aromatic carbocycles. The minimum absolute atomic E-state index is 0.176. The highest BCUT2D eigenvalue weighted by molar-refractivity contribution is 6.16. The van der Waals surface area contributed by atoms with Gasteiger partial charge in [-0.15, -0.1) is 0 Å². The Balaban J connectivity index is 2.86. The summed E-state index contributed by atoms with van der Waals surface area (Å²) < 4.78 is 0. The Labute approximate surface area is 102 Å². The maximum Gasteiger partial charge on any atom is 0.330 e. The number of amides is 4. The van der Waals surface area contributed by atoms with E-state index in [2.05, 4.69) is 5.32 Å². The number of imide groups is 2. The molecule has 0 aromatic rings. The second kappa shape index (κ2) is 4.85. The number of nitrogens with one attached hydrogen (secondary N) is 1. The summed E-state index contributed by atoms with van der Waals surface area (Å²) in [5.74, 6) is -1.54. The molecule has 0 bridgehead atoms. The lowest BCUT2D eigenvalue weighted by molar-refractivity contribution is -0.143. The Morgan fingerprint density at radius 2 is 1.82 bits per heavy atom. The highest BCUT2D eigenvalue weighted by Gasteiger charge is 2.40. The first-order chi connectivity index (χ1) is 7.76. The van der Waals surface area contributed by atoms with Crippen LogP contribution in [0.2, 0.25) is 0 Å². The minimum Gasteiger partial charge on any atom is -0.277 e. The molecule has 1 fully saturated rings. The van der Waals surface area contributed by atoms with Gasteiger partial charge >= 0.3 is 6.03 Å². The first kappa shape index (κ1) is 13.7. The molecule has 1 saturated heterocycles. The molecule has 0 aliphatic carbocycles. The highest BCUT2D eigenvalue weighted by atomic mass is 16.2. The standard InChI is InChI=1S/C12H20N2O3/c1-5-6-8-9(15)13-11(17)14(10(8)16)7-12(2,3)4/h8H,5-7H2,1-4H3,(H,13,15,17). The molecule has 1 aliphatic heterocycles. The Morgan fingerprint density at radius 1 is 1.24 bits per heavy atom. The van der Waals surface area contributed by atoms with Crippen molar-refractivity contribution in [2.45, 2.75) is 40.5 Å². The third-order valence-electron chi connectivity index (χ3n) is 2.57. The molecule has 1 rings (SSSR count). The van der Waals surface area contributed by atoms with Gasteiger partial charge in [0.15, 0.2) is 0 Å². The predicted octanol–water partition coefficient (Wildman–Crippen LogP) is 1.53. The number of nitrogens with zero attached hydrogens (tertiary/aromatic N) is 1. The van der Waals surface area contributed by atoms with Crippen LogP contribution >= 0.6 is 0 Å². The van der Waals surface area contributed by atoms with Crippen LogP contribution in [0.4, 0.5) is 4.79 Å². The summed E-state index contributed by atoms with van der Waals surface area (Å²) >= 11 is 0. The summed E-state index contributed by atoms with van der Waals surface area (Å²) in [6.45, 7) is 8.06. The molecular formula is C12H20N2O3. The van der Waals surface area contributed by atoms with E-state index in [-0.39, 0.29) is 11.3 Å². The van der Waals surface area contributed by atoms with Crippen LogP contribution in [-0.4, -0.2) is 29.3 Å². The third kappa shape index (κ3) is 3.28. The fourth-order valence-electron chi connectivity index (χ4n) is 1.83. The van der Waals surface area contributed by atoms with Gasteiger partial charge in [-0.2, -0.15) is 0 Å². The van der Waals surface area contributed by atoms with Crippen LogP contribution in [0.3, 0.4) is 0 Å². The number of rotatable bonds is 3. The number of carbonyl (C=O) groups is 3. The van der Waals surface area contributed by atoms with Gasteiger partial charge in [0.1, 0.15) is 5.92 Å². The van der Waals surface area contributed by atoms with E-state index in [1.165, 1.54) is 0 Å². The van der Waals surface area contributed by atoms with Crippen LogP contribution in [0.5, 0.6) is 0 Å². The Bertz CT molecular complexity index is 344. The molecule has 1 unspecified atom stereocenters. The smallest absolute Gasteiger partial charge is 0.277 e. The molecular weight excluding hydrogens is 220 g/mol. The quantitative estimate of drug-likeness (QED) is 0.761. The maximum atomic E-state index is 12.1. The molecule has 1 atom stereocenters. The first-order valence-electron chi connectivity index (χ1n) is 5.92. The lowest BCUT2D eigenvalue weighted by Crippen LogP contribution is -2.59. The van der Waals surface area contributed by atoms with Crippen molar-refractivity contribution in [1.82, 2.24) is 10.2 Å². The largest absolute Gasteiger partial charge is 0.330 e. The third-order valence-corrected chi connectivity index (χ3v) is 2.57. The van der Waals surface area contributed by atoms with Gasteiger partial charge in [-0.05, 0) is 11.8 Å². The first-order valence-corrected chi connectivity index (χ1v) is 5.92. The summed E-state index contributed by atoms with van der Waals surface area (Å²) in [6.07, 6.45) is 1.22. The normalized spacial score (nSPS) is 21.8. The van der Waals surface area contributed by atoms with Crippen molar-refractivity contribution >= 4 is 17.8 Å². The fraction of sp³-hybridized carbons (Fsp3) is 0.750. The minimum atomic E-state index is -0.708. The summed E-state index contributed by atoms with van der Waals surface area (Å²) in [7, 11) is 0. The summed E-state index contributed by atoms with van der Waals surface area (Å²) in [4.78, 5) is 36.4. The SMILES string of the molecule is CCCC1C(=O)NC(=O)N(CC(C)(C)C)C1=O. The van der Waals surface area contributed by atoms with Crippen LogP contribution in [0.1, 0.15) is 40.5 Å². The van der Waals surface area contributed by atoms with E-state index in [1.807, 2.05) is 27.7 Å². The van der Waals surface area contributed by atoms with E-state index in [9.17, 15) is 14.4 Å². The van der Waals surface area contributed by atoms with Crippen molar-refractivity contribution < 1.29 is 14.4 Å². The van der Waals surface area contributed by atoms with Crippen molar-refractivity contribution in [3.05, 3.63) is 0 Å². The van der Waals surface area contributed by atoms with Crippen LogP contribution in [-0.2, 0) is 9.59 Å². The Morgan fingerprint density at radius 3 is 2.29 bits per heavy atom. The van der Waals surface area contributed by atoms with Crippen LogP contribution in [0.15, 0.2) is 0 Å². The van der Waals surface area contributed by atoms with Crippen LogP contribution < -0.4 is 5.32 Å². The van der Waals surface area contributed by atoms with Crippen molar-refractivity contribution in [2.75, 3.05) is 6.54 Å². The van der Waals surface area contributed by atoms with Crippen molar-refractivity contribution in [3.63, 3.8) is 0 Å². The zero-order valence-electron chi connectivity index (χ0n) is 10.9. The molecule has 0 aromatic heterocycles. The van der Waals surface area contributed by atoms with Gasteiger partial charge in [-0.1, -0.05) is 34.1 Å². The Hall–Kier alpha value is -1.39. The van der Waals surface area contributed by atoms with Crippen molar-refractivity contribution in [2.24, 2.45) is 11.3 Å². The van der Waals surface area contributed by atoms with E-state index in [1.54, 1.807) is 0 Å². The summed E-state index contributed by atoms with van der Waals surface area (Å²) in [6, 6.07) is -0.595. The summed E-state index contributed by atoms with van der Waals surface area (Å²) in [5, 5.41) is 2.24. The number of hydrogen-bond donors (Lipinski definition) is 1. The van der Waals surface area contributed by atoms with Crippen molar-refractivity contribution in [1.29, 1.82) is 0 Å². The lowest BCUT2D eigenvalue weighted by atomic mass is 9.93. The van der Waals surface area contributed by atoms with Gasteiger partial charge in [0.2, 0.25) is 11.8 Å². The molecule has 0 radical (unpaired) electrons. The fourth-order valence-corrected chi connectivity index (χ4v) is 1.83. The molecule has 1 aliphatic rings. The molecule has 17 heavy (non-hydrogen) atoms. The molecule has 5 heteroatoms. The Kier molecular flexibility index (Phi) is 3.91. The zero-order valence-corrected chi connectivity index (χ0v) is 10.9. The lowest BCUT2D eigenvalue weighted by Gasteiger charge is -2.34. The monoisotopic (exact) mass is 240 g/mol. The second-order valence-corrected chi connectivity index (χ2v) is 5.62. The molecule has 0 saturated carbocycles. The number of barbiturate groups is 1. The van der Waals surface area contributed by atoms with Crippen LogP contribution in [0, 0.1) is 11.3 Å². The van der Waals surface area contributed by atoms with E-state index < -0.39 is 17.9 Å². The molecule has 1 N–H and O–H groups in total. The molecule has 4 amide bonds. The molecule has 0 spiro atoms. The van der Waals surface area contributed by atoms with E-state index in [0.29, 0.717) is 13.0 Å². The van der Waals surface area contributed by atoms with Gasteiger partial charge in [-0.25, -0.2) is 4.79 Å². The van der Waals surface area contributed by atoms with Gasteiger partial charge in [0.05, 0.1) is 0 Å². The molecule has 5 nitrogen and oxygen atoms in total. The number of urea groups is 1.